The Morgan fingerprint density at radius 1 is 1.20 bits per heavy atom. The molecule has 0 radical (unpaired) electrons. The molecule has 30 heavy (non-hydrogen) atoms. The third kappa shape index (κ3) is 4.63. The van der Waals surface area contributed by atoms with Crippen molar-refractivity contribution in [3.8, 4) is 5.75 Å². The topological polar surface area (TPSA) is 66.0 Å². The Kier molecular flexibility index (Phi) is 6.29. The standard InChI is InChI=1S/C21H22Cl2N4O3/c22-15-3-1-4-16(11-15)27-10-9-26(21(27)29)14-20(28)25-8-2-5-17(13-25)30-19-6-7-24-12-18(19)23/h1,3-4,6-7,11-12,17H,2,5,8-10,13-14H2. The monoisotopic (exact) mass is 448 g/mol. The van der Waals surface area contributed by atoms with Crippen molar-refractivity contribution in [3.63, 3.8) is 0 Å². The zero-order chi connectivity index (χ0) is 21.1. The molecular weight excluding hydrogens is 427 g/mol. The van der Waals surface area contributed by atoms with Gasteiger partial charge < -0.3 is 14.5 Å². The maximum Gasteiger partial charge on any atom is 0.325 e. The van der Waals surface area contributed by atoms with Crippen LogP contribution in [0.1, 0.15) is 12.8 Å². The third-order valence-electron chi connectivity index (χ3n) is 5.30. The van der Waals surface area contributed by atoms with E-state index < -0.39 is 0 Å². The number of urea groups is 1. The Balaban J connectivity index is 1.34. The highest BCUT2D eigenvalue weighted by molar-refractivity contribution is 6.32. The second-order valence-corrected chi connectivity index (χ2v) is 8.21. The molecule has 1 aromatic carbocycles. The van der Waals surface area contributed by atoms with E-state index in [0.717, 1.165) is 18.5 Å². The zero-order valence-corrected chi connectivity index (χ0v) is 17.8. The molecule has 2 aliphatic heterocycles. The SMILES string of the molecule is O=C(CN1CCN(c2cccc(Cl)c2)C1=O)N1CCCC(Oc2ccncc2Cl)C1. The van der Waals surface area contributed by atoms with Crippen molar-refractivity contribution in [3.05, 3.63) is 52.8 Å². The average molecular weight is 449 g/mol. The summed E-state index contributed by atoms with van der Waals surface area (Å²) in [6.45, 7) is 2.20. The lowest BCUT2D eigenvalue weighted by molar-refractivity contribution is -0.134. The second kappa shape index (κ2) is 9.10. The summed E-state index contributed by atoms with van der Waals surface area (Å²) in [4.78, 5) is 34.6. The van der Waals surface area contributed by atoms with Gasteiger partial charge in [-0.1, -0.05) is 29.3 Å². The zero-order valence-electron chi connectivity index (χ0n) is 16.3. The van der Waals surface area contributed by atoms with Crippen molar-refractivity contribution in [2.24, 2.45) is 0 Å². The number of halogens is 2. The molecule has 2 fully saturated rings. The molecule has 158 valence electrons. The number of aromatic nitrogens is 1. The molecule has 1 atom stereocenters. The number of carbonyl (C=O) groups excluding carboxylic acids is 2. The van der Waals surface area contributed by atoms with Crippen LogP contribution in [0.15, 0.2) is 42.7 Å². The van der Waals surface area contributed by atoms with Crippen molar-refractivity contribution in [1.82, 2.24) is 14.8 Å². The van der Waals surface area contributed by atoms with Crippen LogP contribution in [0.2, 0.25) is 10.0 Å². The minimum absolute atomic E-state index is 0.0542. The van der Waals surface area contributed by atoms with Gasteiger partial charge in [-0.3, -0.25) is 14.7 Å². The fraction of sp³-hybridized carbons (Fsp3) is 0.381. The molecule has 0 bridgehead atoms. The fourth-order valence-corrected chi connectivity index (χ4v) is 4.12. The number of anilines is 1. The summed E-state index contributed by atoms with van der Waals surface area (Å²) < 4.78 is 5.98. The molecule has 2 saturated heterocycles. The highest BCUT2D eigenvalue weighted by atomic mass is 35.5. The summed E-state index contributed by atoms with van der Waals surface area (Å²) in [6, 6.07) is 8.70. The number of ether oxygens (including phenoxy) is 1. The maximum absolute atomic E-state index is 12.9. The van der Waals surface area contributed by atoms with E-state index in [0.29, 0.717) is 42.0 Å². The Morgan fingerprint density at radius 3 is 2.87 bits per heavy atom. The van der Waals surface area contributed by atoms with Gasteiger partial charge in [-0.25, -0.2) is 4.79 Å². The number of piperidine rings is 1. The van der Waals surface area contributed by atoms with Crippen LogP contribution in [0.3, 0.4) is 0 Å². The number of benzene rings is 1. The van der Waals surface area contributed by atoms with Gasteiger partial charge in [0.15, 0.2) is 0 Å². The van der Waals surface area contributed by atoms with Crippen LogP contribution >= 0.6 is 23.2 Å². The first-order chi connectivity index (χ1) is 14.5. The number of carbonyl (C=O) groups is 2. The summed E-state index contributed by atoms with van der Waals surface area (Å²) >= 11 is 12.2. The van der Waals surface area contributed by atoms with Gasteiger partial charge in [-0.2, -0.15) is 0 Å². The molecule has 0 saturated carbocycles. The van der Waals surface area contributed by atoms with Crippen LogP contribution in [0.5, 0.6) is 5.75 Å². The van der Waals surface area contributed by atoms with Gasteiger partial charge in [-0.05, 0) is 31.0 Å². The van der Waals surface area contributed by atoms with Crippen LogP contribution in [-0.4, -0.2) is 65.5 Å². The lowest BCUT2D eigenvalue weighted by Gasteiger charge is -2.34. The molecule has 7 nitrogen and oxygen atoms in total. The minimum Gasteiger partial charge on any atom is -0.487 e. The summed E-state index contributed by atoms with van der Waals surface area (Å²) in [5.41, 5.74) is 0.739. The molecule has 4 rings (SSSR count). The number of hydrogen-bond acceptors (Lipinski definition) is 4. The molecule has 3 heterocycles. The fourth-order valence-electron chi connectivity index (χ4n) is 3.77. The van der Waals surface area contributed by atoms with Gasteiger partial charge in [0.1, 0.15) is 23.4 Å². The van der Waals surface area contributed by atoms with Crippen LogP contribution in [0.25, 0.3) is 0 Å². The quantitative estimate of drug-likeness (QED) is 0.699. The second-order valence-electron chi connectivity index (χ2n) is 7.36. The largest absolute Gasteiger partial charge is 0.487 e. The maximum atomic E-state index is 12.9. The van der Waals surface area contributed by atoms with Crippen molar-refractivity contribution in [2.75, 3.05) is 37.6 Å². The number of rotatable bonds is 5. The van der Waals surface area contributed by atoms with E-state index in [4.69, 9.17) is 27.9 Å². The molecule has 2 aliphatic rings. The van der Waals surface area contributed by atoms with E-state index >= 15 is 0 Å². The normalized spacial score (nSPS) is 19.3. The lowest BCUT2D eigenvalue weighted by atomic mass is 10.1. The third-order valence-corrected chi connectivity index (χ3v) is 5.82. The summed E-state index contributed by atoms with van der Waals surface area (Å²) in [6.07, 6.45) is 4.69. The van der Waals surface area contributed by atoms with Crippen LogP contribution < -0.4 is 9.64 Å². The van der Waals surface area contributed by atoms with E-state index in [-0.39, 0.29) is 24.6 Å². The predicted molar refractivity (Wildman–Crippen MR) is 115 cm³/mol. The van der Waals surface area contributed by atoms with Gasteiger partial charge in [-0.15, -0.1) is 0 Å². The van der Waals surface area contributed by atoms with E-state index in [1.807, 2.05) is 12.1 Å². The first kappa shape index (κ1) is 20.8. The lowest BCUT2D eigenvalue weighted by Crippen LogP contribution is -2.48. The van der Waals surface area contributed by atoms with Gasteiger partial charge in [0.25, 0.3) is 0 Å². The van der Waals surface area contributed by atoms with Crippen LogP contribution in [0, 0.1) is 0 Å². The van der Waals surface area contributed by atoms with Crippen molar-refractivity contribution in [1.29, 1.82) is 0 Å². The van der Waals surface area contributed by atoms with Gasteiger partial charge in [0, 0.05) is 48.8 Å². The van der Waals surface area contributed by atoms with Crippen molar-refractivity contribution < 1.29 is 14.3 Å². The smallest absolute Gasteiger partial charge is 0.325 e. The summed E-state index contributed by atoms with van der Waals surface area (Å²) in [5, 5.41) is 1.02. The molecule has 1 unspecified atom stereocenters. The van der Waals surface area contributed by atoms with Crippen molar-refractivity contribution >= 4 is 40.8 Å². The highest BCUT2D eigenvalue weighted by Gasteiger charge is 2.33. The number of amides is 3. The number of pyridine rings is 1. The number of likely N-dealkylation sites (tertiary alicyclic amines) is 1. The molecule has 2 aromatic rings. The highest BCUT2D eigenvalue weighted by Crippen LogP contribution is 2.26. The van der Waals surface area contributed by atoms with E-state index in [9.17, 15) is 9.59 Å². The number of hydrogen-bond donors (Lipinski definition) is 0. The van der Waals surface area contributed by atoms with Gasteiger partial charge in [0.2, 0.25) is 5.91 Å². The minimum atomic E-state index is -0.181. The van der Waals surface area contributed by atoms with Gasteiger partial charge >= 0.3 is 6.03 Å². The Hall–Kier alpha value is -2.51. The summed E-state index contributed by atoms with van der Waals surface area (Å²) in [5.74, 6) is 0.489. The first-order valence-electron chi connectivity index (χ1n) is 9.87. The first-order valence-corrected chi connectivity index (χ1v) is 10.6. The van der Waals surface area contributed by atoms with Crippen LogP contribution in [0.4, 0.5) is 10.5 Å². The number of nitrogens with zero attached hydrogens (tertiary/aromatic N) is 4. The summed E-state index contributed by atoms with van der Waals surface area (Å²) in [7, 11) is 0. The van der Waals surface area contributed by atoms with Gasteiger partial charge in [0.05, 0.1) is 6.54 Å². The average Bonchev–Trinajstić information content (AvgIpc) is 3.10. The van der Waals surface area contributed by atoms with Crippen molar-refractivity contribution in [2.45, 2.75) is 18.9 Å². The van der Waals surface area contributed by atoms with E-state index in [1.54, 1.807) is 39.1 Å². The molecule has 1 aromatic heterocycles. The Bertz CT molecular complexity index is 942. The predicted octanol–water partition coefficient (Wildman–Crippen LogP) is 3.70. The Labute approximate surface area is 185 Å². The molecule has 3 amide bonds. The molecule has 0 aliphatic carbocycles. The molecule has 9 heteroatoms. The molecule has 0 spiro atoms. The molecular formula is C21H22Cl2N4O3. The Morgan fingerprint density at radius 2 is 2.07 bits per heavy atom. The molecule has 0 N–H and O–H groups in total. The van der Waals surface area contributed by atoms with Crippen LogP contribution in [-0.2, 0) is 4.79 Å². The van der Waals surface area contributed by atoms with E-state index in [2.05, 4.69) is 4.98 Å². The van der Waals surface area contributed by atoms with E-state index in [1.165, 1.54) is 6.20 Å².